The number of benzene rings is 1. The molecule has 1 amide bonds. The van der Waals surface area contributed by atoms with E-state index in [1.165, 1.54) is 14.0 Å². The molecule has 2 aliphatic rings. The summed E-state index contributed by atoms with van der Waals surface area (Å²) >= 11 is 0. The van der Waals surface area contributed by atoms with Crippen LogP contribution in [0.4, 0.5) is 0 Å². The molecule has 0 aromatic heterocycles. The summed E-state index contributed by atoms with van der Waals surface area (Å²) in [4.78, 5) is 25.6. The topological polar surface area (TPSA) is 88.1 Å². The molecule has 28 heavy (non-hydrogen) atoms. The first kappa shape index (κ1) is 20.8. The van der Waals surface area contributed by atoms with E-state index in [0.717, 1.165) is 25.2 Å². The van der Waals surface area contributed by atoms with Gasteiger partial charge in [0.2, 0.25) is 5.91 Å². The van der Waals surface area contributed by atoms with Crippen molar-refractivity contribution in [1.82, 2.24) is 10.2 Å². The zero-order chi connectivity index (χ0) is 20.4. The van der Waals surface area contributed by atoms with Gasteiger partial charge in [0.05, 0.1) is 23.8 Å². The largest absolute Gasteiger partial charge is 0.465 e. The molecular formula is C21H30N2O5. The summed E-state index contributed by atoms with van der Waals surface area (Å²) < 4.78 is 10.9. The van der Waals surface area contributed by atoms with Crippen molar-refractivity contribution in [1.29, 1.82) is 0 Å². The highest BCUT2D eigenvalue weighted by molar-refractivity contribution is 5.89. The summed E-state index contributed by atoms with van der Waals surface area (Å²) in [5.41, 5.74) is 0.304. The fraction of sp³-hybridized carbons (Fsp3) is 0.619. The molecule has 7 heteroatoms. The lowest BCUT2D eigenvalue weighted by molar-refractivity contribution is -0.208. The number of piperidine rings is 1. The number of hydrogen-bond donors (Lipinski definition) is 2. The second kappa shape index (κ2) is 8.19. The molecule has 0 unspecified atom stereocenters. The van der Waals surface area contributed by atoms with E-state index in [-0.39, 0.29) is 11.9 Å². The molecule has 2 fully saturated rings. The number of amides is 1. The van der Waals surface area contributed by atoms with Gasteiger partial charge in [-0.05, 0) is 43.9 Å². The normalized spacial score (nSPS) is 27.4. The van der Waals surface area contributed by atoms with Crippen molar-refractivity contribution in [2.45, 2.75) is 56.9 Å². The number of hydrogen-bond acceptors (Lipinski definition) is 6. The first-order chi connectivity index (χ1) is 13.3. The van der Waals surface area contributed by atoms with Gasteiger partial charge in [0.25, 0.3) is 0 Å². The fourth-order valence-electron chi connectivity index (χ4n) is 4.48. The Labute approximate surface area is 166 Å². The van der Waals surface area contributed by atoms with Crippen LogP contribution in [0.25, 0.3) is 0 Å². The molecule has 2 N–H and O–H groups in total. The zero-order valence-electron chi connectivity index (χ0n) is 16.9. The van der Waals surface area contributed by atoms with Crippen LogP contribution in [0.1, 0.15) is 49.0 Å². The number of nitrogens with one attached hydrogen (secondary N) is 1. The van der Waals surface area contributed by atoms with Crippen LogP contribution in [-0.2, 0) is 20.8 Å². The predicted octanol–water partition coefficient (Wildman–Crippen LogP) is 1.48. The number of esters is 1. The monoisotopic (exact) mass is 390 g/mol. The summed E-state index contributed by atoms with van der Waals surface area (Å²) in [6.45, 7) is 6.17. The molecule has 2 saturated heterocycles. The van der Waals surface area contributed by atoms with Gasteiger partial charge in [-0.15, -0.1) is 0 Å². The highest BCUT2D eigenvalue weighted by Gasteiger charge is 2.53. The predicted molar refractivity (Wildman–Crippen MR) is 104 cm³/mol. The number of ether oxygens (including phenoxy) is 2. The number of carbonyl (C=O) groups is 2. The summed E-state index contributed by atoms with van der Waals surface area (Å²) in [7, 11) is 1.38. The van der Waals surface area contributed by atoms with Crippen LogP contribution in [-0.4, -0.2) is 65.9 Å². The highest BCUT2D eigenvalue weighted by Crippen LogP contribution is 2.40. The quantitative estimate of drug-likeness (QED) is 0.758. The lowest BCUT2D eigenvalue weighted by atomic mass is 9.73. The van der Waals surface area contributed by atoms with Crippen LogP contribution in [0.2, 0.25) is 0 Å². The molecule has 2 aliphatic heterocycles. The van der Waals surface area contributed by atoms with Crippen molar-refractivity contribution in [2.24, 2.45) is 0 Å². The second-order valence-electron chi connectivity index (χ2n) is 8.13. The van der Waals surface area contributed by atoms with Gasteiger partial charge in [0.1, 0.15) is 6.10 Å². The Balaban J connectivity index is 1.64. The van der Waals surface area contributed by atoms with Crippen LogP contribution in [0, 0.1) is 0 Å². The van der Waals surface area contributed by atoms with E-state index in [1.54, 1.807) is 6.07 Å². The molecular weight excluding hydrogens is 360 g/mol. The maximum atomic E-state index is 11.7. The van der Waals surface area contributed by atoms with E-state index in [0.29, 0.717) is 31.4 Å². The molecule has 7 nitrogen and oxygen atoms in total. The minimum atomic E-state index is -0.748. The Morgan fingerprint density at radius 1 is 1.32 bits per heavy atom. The van der Waals surface area contributed by atoms with Gasteiger partial charge in [-0.1, -0.05) is 12.1 Å². The molecule has 0 bridgehead atoms. The zero-order valence-corrected chi connectivity index (χ0v) is 16.9. The number of rotatable bonds is 4. The molecule has 0 saturated carbocycles. The first-order valence-electron chi connectivity index (χ1n) is 9.78. The third-order valence-electron chi connectivity index (χ3n) is 6.03. The SMILES string of the molecule is COC(=O)c1cccc(CN2CCC3(CC2)OCC[C@](C)(NC(C)=O)[C@H]3O)c1. The highest BCUT2D eigenvalue weighted by atomic mass is 16.5. The summed E-state index contributed by atoms with van der Waals surface area (Å²) in [5, 5.41) is 14.0. The van der Waals surface area contributed by atoms with Crippen molar-refractivity contribution < 1.29 is 24.2 Å². The number of carbonyl (C=O) groups excluding carboxylic acids is 2. The maximum absolute atomic E-state index is 11.7. The molecule has 1 spiro atoms. The molecule has 3 rings (SSSR count). The van der Waals surface area contributed by atoms with Crippen LogP contribution < -0.4 is 5.32 Å². The minimum Gasteiger partial charge on any atom is -0.465 e. The van der Waals surface area contributed by atoms with Gasteiger partial charge >= 0.3 is 5.97 Å². The smallest absolute Gasteiger partial charge is 0.337 e. The molecule has 1 aromatic rings. The van der Waals surface area contributed by atoms with Crippen molar-refractivity contribution in [3.05, 3.63) is 35.4 Å². The van der Waals surface area contributed by atoms with E-state index < -0.39 is 17.2 Å². The third-order valence-corrected chi connectivity index (χ3v) is 6.03. The fourth-order valence-corrected chi connectivity index (χ4v) is 4.48. The summed E-state index contributed by atoms with van der Waals surface area (Å²) in [6, 6.07) is 7.46. The molecule has 0 aliphatic carbocycles. The Kier molecular flexibility index (Phi) is 6.07. The van der Waals surface area contributed by atoms with Gasteiger partial charge in [0, 0.05) is 33.2 Å². The average molecular weight is 390 g/mol. The molecule has 154 valence electrons. The number of aliphatic hydroxyl groups excluding tert-OH is 1. The Morgan fingerprint density at radius 2 is 2.04 bits per heavy atom. The number of aliphatic hydroxyl groups is 1. The van der Waals surface area contributed by atoms with Crippen molar-refractivity contribution in [2.75, 3.05) is 26.8 Å². The van der Waals surface area contributed by atoms with Crippen LogP contribution >= 0.6 is 0 Å². The van der Waals surface area contributed by atoms with Gasteiger partial charge in [-0.25, -0.2) is 4.79 Å². The lowest BCUT2D eigenvalue weighted by Gasteiger charge is -2.53. The van der Waals surface area contributed by atoms with E-state index in [1.807, 2.05) is 25.1 Å². The molecule has 1 aromatic carbocycles. The van der Waals surface area contributed by atoms with Crippen molar-refractivity contribution in [3.63, 3.8) is 0 Å². The van der Waals surface area contributed by atoms with Gasteiger partial charge in [0.15, 0.2) is 0 Å². The van der Waals surface area contributed by atoms with Gasteiger partial charge in [-0.3, -0.25) is 9.69 Å². The van der Waals surface area contributed by atoms with Gasteiger partial charge < -0.3 is 19.9 Å². The van der Waals surface area contributed by atoms with E-state index in [4.69, 9.17) is 9.47 Å². The minimum absolute atomic E-state index is 0.137. The standard InChI is InChI=1S/C21H30N2O5/c1-15(24)22-20(2)9-12-28-21(19(20)26)7-10-23(11-8-21)14-16-5-4-6-17(13-16)18(25)27-3/h4-6,13,19,26H,7-12,14H2,1-3H3,(H,22,24)/t19-,20+/m1/s1. The van der Waals surface area contributed by atoms with E-state index >= 15 is 0 Å². The van der Waals surface area contributed by atoms with Gasteiger partial charge in [-0.2, -0.15) is 0 Å². The number of methoxy groups -OCH3 is 1. The number of likely N-dealkylation sites (tertiary alicyclic amines) is 1. The lowest BCUT2D eigenvalue weighted by Crippen LogP contribution is -2.69. The Morgan fingerprint density at radius 3 is 2.68 bits per heavy atom. The Hall–Kier alpha value is -1.96. The van der Waals surface area contributed by atoms with Crippen molar-refractivity contribution >= 4 is 11.9 Å². The average Bonchev–Trinajstić information content (AvgIpc) is 2.67. The van der Waals surface area contributed by atoms with Crippen LogP contribution in [0.5, 0.6) is 0 Å². The van der Waals surface area contributed by atoms with E-state index in [9.17, 15) is 14.7 Å². The first-order valence-corrected chi connectivity index (χ1v) is 9.78. The van der Waals surface area contributed by atoms with Crippen LogP contribution in [0.3, 0.4) is 0 Å². The Bertz CT molecular complexity index is 729. The maximum Gasteiger partial charge on any atom is 0.337 e. The number of nitrogens with zero attached hydrogens (tertiary/aromatic N) is 1. The summed E-state index contributed by atoms with van der Waals surface area (Å²) in [6.07, 6.45) is 1.24. The second-order valence-corrected chi connectivity index (χ2v) is 8.13. The van der Waals surface area contributed by atoms with E-state index in [2.05, 4.69) is 10.2 Å². The molecule has 2 heterocycles. The summed E-state index contributed by atoms with van der Waals surface area (Å²) in [5.74, 6) is -0.475. The third kappa shape index (κ3) is 4.21. The molecule has 0 radical (unpaired) electrons. The van der Waals surface area contributed by atoms with Crippen LogP contribution in [0.15, 0.2) is 24.3 Å². The van der Waals surface area contributed by atoms with Crippen molar-refractivity contribution in [3.8, 4) is 0 Å². The molecule has 2 atom stereocenters.